The van der Waals surface area contributed by atoms with Gasteiger partial charge in [-0.25, -0.2) is 8.42 Å². The van der Waals surface area contributed by atoms with Crippen LogP contribution >= 0.6 is 0 Å². The van der Waals surface area contributed by atoms with Gasteiger partial charge >= 0.3 is 0 Å². The summed E-state index contributed by atoms with van der Waals surface area (Å²) in [6.07, 6.45) is 1.64. The van der Waals surface area contributed by atoms with Gasteiger partial charge in [0.15, 0.2) is 11.5 Å². The van der Waals surface area contributed by atoms with Crippen molar-refractivity contribution in [1.29, 1.82) is 0 Å². The molecule has 1 fully saturated rings. The van der Waals surface area contributed by atoms with Crippen molar-refractivity contribution in [3.05, 3.63) is 42.0 Å². The zero-order valence-corrected chi connectivity index (χ0v) is 18.1. The van der Waals surface area contributed by atoms with Crippen molar-refractivity contribution in [2.75, 3.05) is 39.2 Å². The molecule has 162 valence electrons. The van der Waals surface area contributed by atoms with Crippen molar-refractivity contribution >= 4 is 21.6 Å². The first-order valence-corrected chi connectivity index (χ1v) is 11.1. The molecule has 3 rings (SSSR count). The molecule has 1 saturated heterocycles. The lowest BCUT2D eigenvalue weighted by Crippen LogP contribution is -2.28. The van der Waals surface area contributed by atoms with Gasteiger partial charge in [0, 0.05) is 30.4 Å². The van der Waals surface area contributed by atoms with E-state index in [1.54, 1.807) is 31.2 Å². The summed E-state index contributed by atoms with van der Waals surface area (Å²) in [7, 11) is -0.717. The summed E-state index contributed by atoms with van der Waals surface area (Å²) in [6.45, 7) is 3.04. The molecule has 1 N–H and O–H groups in total. The average molecular weight is 435 g/mol. The lowest BCUT2D eigenvalue weighted by atomic mass is 10.2. The number of methoxy groups -OCH3 is 2. The molecule has 0 radical (unpaired) electrons. The summed E-state index contributed by atoms with van der Waals surface area (Å²) in [5.41, 5.74) is 0.710. The van der Waals surface area contributed by atoms with Crippen molar-refractivity contribution in [2.24, 2.45) is 0 Å². The Morgan fingerprint density at radius 1 is 1.00 bits per heavy atom. The molecule has 0 aromatic heterocycles. The fourth-order valence-corrected chi connectivity index (χ4v) is 4.98. The zero-order chi connectivity index (χ0) is 21.7. The summed E-state index contributed by atoms with van der Waals surface area (Å²) < 4.78 is 43.6. The first-order valence-electron chi connectivity index (χ1n) is 9.71. The minimum Gasteiger partial charge on any atom is -0.493 e. The van der Waals surface area contributed by atoms with Gasteiger partial charge < -0.3 is 19.5 Å². The number of rotatable bonds is 8. The SMILES string of the molecule is CCOc1ccc(C(=O)Nc2ccc(OC)c(OC)c2)cc1S(=O)(=O)N1CCCC1. The predicted octanol–water partition coefficient (Wildman–Crippen LogP) is 3.14. The maximum Gasteiger partial charge on any atom is 0.255 e. The van der Waals surface area contributed by atoms with E-state index in [0.717, 1.165) is 12.8 Å². The van der Waals surface area contributed by atoms with Crippen LogP contribution in [0, 0.1) is 0 Å². The number of benzene rings is 2. The molecule has 8 nitrogen and oxygen atoms in total. The van der Waals surface area contributed by atoms with E-state index in [4.69, 9.17) is 14.2 Å². The van der Waals surface area contributed by atoms with Crippen LogP contribution in [-0.2, 0) is 10.0 Å². The summed E-state index contributed by atoms with van der Waals surface area (Å²) >= 11 is 0. The lowest BCUT2D eigenvalue weighted by molar-refractivity contribution is 0.102. The second-order valence-electron chi connectivity index (χ2n) is 6.73. The molecule has 0 bridgehead atoms. The Labute approximate surface area is 176 Å². The third kappa shape index (κ3) is 4.52. The molecule has 1 aliphatic rings. The number of carbonyl (C=O) groups is 1. The molecule has 1 aliphatic heterocycles. The highest BCUT2D eigenvalue weighted by molar-refractivity contribution is 7.89. The van der Waals surface area contributed by atoms with Crippen molar-refractivity contribution in [2.45, 2.75) is 24.7 Å². The number of sulfonamides is 1. The zero-order valence-electron chi connectivity index (χ0n) is 17.3. The normalized spacial score (nSPS) is 14.4. The Bertz CT molecular complexity index is 1020. The van der Waals surface area contributed by atoms with Crippen molar-refractivity contribution in [1.82, 2.24) is 4.31 Å². The highest BCUT2D eigenvalue weighted by atomic mass is 32.2. The molecule has 0 saturated carbocycles. The van der Waals surface area contributed by atoms with E-state index < -0.39 is 15.9 Å². The van der Waals surface area contributed by atoms with Crippen LogP contribution in [0.5, 0.6) is 17.2 Å². The van der Waals surface area contributed by atoms with Gasteiger partial charge in [0.05, 0.1) is 20.8 Å². The number of nitrogens with one attached hydrogen (secondary N) is 1. The molecule has 1 heterocycles. The van der Waals surface area contributed by atoms with Gasteiger partial charge in [0.2, 0.25) is 10.0 Å². The molecule has 9 heteroatoms. The Morgan fingerprint density at radius 2 is 1.67 bits per heavy atom. The number of carbonyl (C=O) groups excluding carboxylic acids is 1. The van der Waals surface area contributed by atoms with Crippen LogP contribution in [0.25, 0.3) is 0 Å². The van der Waals surface area contributed by atoms with Crippen molar-refractivity contribution in [3.8, 4) is 17.2 Å². The van der Waals surface area contributed by atoms with Crippen LogP contribution in [0.2, 0.25) is 0 Å². The van der Waals surface area contributed by atoms with Gasteiger partial charge in [0.25, 0.3) is 5.91 Å². The topological polar surface area (TPSA) is 94.2 Å². The fraction of sp³-hybridized carbons (Fsp3) is 0.381. The van der Waals surface area contributed by atoms with Crippen LogP contribution in [0.1, 0.15) is 30.1 Å². The largest absolute Gasteiger partial charge is 0.493 e. The standard InChI is InChI=1S/C21H26N2O6S/c1-4-29-18-9-7-15(13-20(18)30(25,26)23-11-5-6-12-23)21(24)22-16-8-10-17(27-2)19(14-16)28-3/h7-10,13-14H,4-6,11-12H2,1-3H3,(H,22,24). The van der Waals surface area contributed by atoms with E-state index >= 15 is 0 Å². The molecular weight excluding hydrogens is 408 g/mol. The molecule has 1 amide bonds. The minimum atomic E-state index is -3.75. The van der Waals surface area contributed by atoms with Crippen LogP contribution in [0.3, 0.4) is 0 Å². The second kappa shape index (κ2) is 9.36. The maximum atomic E-state index is 13.1. The van der Waals surface area contributed by atoms with E-state index in [0.29, 0.717) is 36.9 Å². The molecule has 2 aromatic carbocycles. The molecule has 0 atom stereocenters. The number of ether oxygens (including phenoxy) is 3. The van der Waals surface area contributed by atoms with Gasteiger partial charge in [-0.15, -0.1) is 0 Å². The fourth-order valence-electron chi connectivity index (χ4n) is 3.31. The maximum absolute atomic E-state index is 13.1. The first-order chi connectivity index (χ1) is 14.4. The number of nitrogens with zero attached hydrogens (tertiary/aromatic N) is 1. The van der Waals surface area contributed by atoms with E-state index in [2.05, 4.69) is 5.32 Å². The molecule has 30 heavy (non-hydrogen) atoms. The smallest absolute Gasteiger partial charge is 0.255 e. The minimum absolute atomic E-state index is 0.00575. The molecular formula is C21H26N2O6S. The highest BCUT2D eigenvalue weighted by Gasteiger charge is 2.30. The van der Waals surface area contributed by atoms with Crippen LogP contribution in [0.4, 0.5) is 5.69 Å². The summed E-state index contributed by atoms with van der Waals surface area (Å²) in [6, 6.07) is 9.42. The monoisotopic (exact) mass is 434 g/mol. The highest BCUT2D eigenvalue weighted by Crippen LogP contribution is 2.32. The Morgan fingerprint density at radius 3 is 2.30 bits per heavy atom. The second-order valence-corrected chi connectivity index (χ2v) is 8.64. The number of anilines is 1. The van der Waals surface area contributed by atoms with E-state index in [9.17, 15) is 13.2 Å². The Balaban J connectivity index is 1.91. The summed E-state index contributed by atoms with van der Waals surface area (Å²) in [5, 5.41) is 2.76. The molecule has 2 aromatic rings. The predicted molar refractivity (Wildman–Crippen MR) is 113 cm³/mol. The number of hydrogen-bond donors (Lipinski definition) is 1. The molecule has 0 aliphatic carbocycles. The van der Waals surface area contributed by atoms with Gasteiger partial charge in [0.1, 0.15) is 10.6 Å². The lowest BCUT2D eigenvalue weighted by Gasteiger charge is -2.19. The summed E-state index contributed by atoms with van der Waals surface area (Å²) in [5.74, 6) is 0.810. The number of hydrogen-bond acceptors (Lipinski definition) is 6. The van der Waals surface area contributed by atoms with E-state index in [-0.39, 0.29) is 16.2 Å². The average Bonchev–Trinajstić information content (AvgIpc) is 3.30. The third-order valence-electron chi connectivity index (χ3n) is 4.83. The third-order valence-corrected chi connectivity index (χ3v) is 6.75. The number of amides is 1. The van der Waals surface area contributed by atoms with Gasteiger partial charge in [-0.2, -0.15) is 4.31 Å². The summed E-state index contributed by atoms with van der Waals surface area (Å²) in [4.78, 5) is 12.8. The van der Waals surface area contributed by atoms with Crippen molar-refractivity contribution < 1.29 is 27.4 Å². The van der Waals surface area contributed by atoms with Crippen LogP contribution < -0.4 is 19.5 Å². The van der Waals surface area contributed by atoms with E-state index in [1.165, 1.54) is 30.7 Å². The van der Waals surface area contributed by atoms with E-state index in [1.807, 2.05) is 0 Å². The Hall–Kier alpha value is -2.78. The Kier molecular flexibility index (Phi) is 6.84. The van der Waals surface area contributed by atoms with Gasteiger partial charge in [-0.05, 0) is 50.1 Å². The van der Waals surface area contributed by atoms with Crippen LogP contribution in [-0.4, -0.2) is 52.5 Å². The van der Waals surface area contributed by atoms with Gasteiger partial charge in [-0.1, -0.05) is 0 Å². The van der Waals surface area contributed by atoms with Gasteiger partial charge in [-0.3, -0.25) is 4.79 Å². The quantitative estimate of drug-likeness (QED) is 0.686. The molecule has 0 spiro atoms. The van der Waals surface area contributed by atoms with Crippen molar-refractivity contribution in [3.63, 3.8) is 0 Å². The van der Waals surface area contributed by atoms with Crippen LogP contribution in [0.15, 0.2) is 41.3 Å². The molecule has 0 unspecified atom stereocenters. The first kappa shape index (κ1) is 21.9.